The topological polar surface area (TPSA) is 68.7 Å². The molecule has 6 nitrogen and oxygen atoms in total. The largest absolute Gasteiger partial charge is 0.395 e. The molecule has 0 atom stereocenters. The van der Waals surface area contributed by atoms with Crippen LogP contribution in [-0.2, 0) is 0 Å². The van der Waals surface area contributed by atoms with Crippen molar-refractivity contribution < 1.29 is 14.3 Å². The van der Waals surface area contributed by atoms with Crippen LogP contribution in [0.4, 0.5) is 10.2 Å². The van der Waals surface area contributed by atoms with Gasteiger partial charge in [0.25, 0.3) is 5.91 Å². The Morgan fingerprint density at radius 1 is 1.43 bits per heavy atom. The third kappa shape index (κ3) is 3.68. The molecule has 2 N–H and O–H groups in total. The summed E-state index contributed by atoms with van der Waals surface area (Å²) in [5.41, 5.74) is 0.0524. The number of aliphatic hydroxyl groups excluding tert-OH is 1. The van der Waals surface area contributed by atoms with Gasteiger partial charge in [0.15, 0.2) is 11.6 Å². The fraction of sp³-hybridized carbons (Fsp3) is 0.571. The minimum absolute atomic E-state index is 0.0524. The van der Waals surface area contributed by atoms with Gasteiger partial charge in [-0.25, -0.2) is 9.37 Å². The number of carbonyl (C=O) groups excluding carboxylic acids is 1. The molecule has 0 aliphatic carbocycles. The lowest BCUT2D eigenvalue weighted by atomic mass is 10.2. The maximum atomic E-state index is 14.2. The molecule has 0 radical (unpaired) electrons. The Morgan fingerprint density at radius 3 is 2.76 bits per heavy atom. The molecular weight excluding hydrogens is 275 g/mol. The Hall–Kier alpha value is -1.73. The number of aliphatic hydroxyl groups is 1. The fourth-order valence-electron chi connectivity index (χ4n) is 2.39. The molecule has 1 saturated heterocycles. The molecule has 1 aromatic heterocycles. The number of halogens is 1. The lowest BCUT2D eigenvalue weighted by molar-refractivity contribution is 0.0610. The lowest BCUT2D eigenvalue weighted by Crippen LogP contribution is -2.49. The summed E-state index contributed by atoms with van der Waals surface area (Å²) in [5, 5.41) is 11.7. The van der Waals surface area contributed by atoms with Gasteiger partial charge >= 0.3 is 0 Å². The monoisotopic (exact) mass is 296 g/mol. The van der Waals surface area contributed by atoms with Gasteiger partial charge in [0.1, 0.15) is 0 Å². The van der Waals surface area contributed by atoms with E-state index in [1.807, 2.05) is 6.92 Å². The van der Waals surface area contributed by atoms with Gasteiger partial charge in [-0.2, -0.15) is 0 Å². The first-order chi connectivity index (χ1) is 10.2. The van der Waals surface area contributed by atoms with Crippen molar-refractivity contribution in [1.29, 1.82) is 0 Å². The highest BCUT2D eigenvalue weighted by Gasteiger charge is 2.25. The molecule has 1 aliphatic heterocycles. The summed E-state index contributed by atoms with van der Waals surface area (Å²) in [6.07, 6.45) is 1.44. The maximum absolute atomic E-state index is 14.2. The Labute approximate surface area is 123 Å². The number of pyridine rings is 1. The number of hydrogen-bond donors (Lipinski definition) is 2. The van der Waals surface area contributed by atoms with E-state index in [4.69, 9.17) is 5.11 Å². The maximum Gasteiger partial charge on any atom is 0.257 e. The molecule has 2 heterocycles. The first-order valence-corrected chi connectivity index (χ1v) is 7.18. The Balaban J connectivity index is 2.06. The molecule has 1 amide bonds. The Bertz CT molecular complexity index is 490. The molecule has 0 unspecified atom stereocenters. The zero-order chi connectivity index (χ0) is 15.2. The zero-order valence-electron chi connectivity index (χ0n) is 12.2. The zero-order valence-corrected chi connectivity index (χ0v) is 12.2. The van der Waals surface area contributed by atoms with Crippen LogP contribution in [0, 0.1) is 5.82 Å². The molecule has 21 heavy (non-hydrogen) atoms. The smallest absolute Gasteiger partial charge is 0.257 e. The average Bonchev–Trinajstić information content (AvgIpc) is 2.50. The van der Waals surface area contributed by atoms with E-state index in [0.717, 1.165) is 0 Å². The van der Waals surface area contributed by atoms with E-state index in [-0.39, 0.29) is 23.9 Å². The number of hydrogen-bond acceptors (Lipinski definition) is 5. The number of carbonyl (C=O) groups is 1. The summed E-state index contributed by atoms with van der Waals surface area (Å²) in [4.78, 5) is 20.0. The molecule has 0 saturated carbocycles. The van der Waals surface area contributed by atoms with E-state index in [2.05, 4.69) is 15.2 Å². The van der Waals surface area contributed by atoms with Gasteiger partial charge in [-0.05, 0) is 13.0 Å². The predicted molar refractivity (Wildman–Crippen MR) is 77.8 cm³/mol. The highest BCUT2D eigenvalue weighted by atomic mass is 19.1. The summed E-state index contributed by atoms with van der Waals surface area (Å²) >= 11 is 0. The second kappa shape index (κ2) is 7.33. The van der Waals surface area contributed by atoms with Crippen molar-refractivity contribution in [2.75, 3.05) is 51.2 Å². The number of nitrogens with one attached hydrogen (secondary N) is 1. The van der Waals surface area contributed by atoms with Crippen LogP contribution in [-0.4, -0.2) is 71.7 Å². The van der Waals surface area contributed by atoms with Crippen LogP contribution in [0.5, 0.6) is 0 Å². The number of piperazine rings is 1. The van der Waals surface area contributed by atoms with Crippen molar-refractivity contribution in [2.24, 2.45) is 0 Å². The number of aromatic nitrogens is 1. The van der Waals surface area contributed by atoms with Gasteiger partial charge in [0.2, 0.25) is 0 Å². The first-order valence-electron chi connectivity index (χ1n) is 7.18. The molecule has 7 heteroatoms. The summed E-state index contributed by atoms with van der Waals surface area (Å²) in [6.45, 7) is 5.57. The van der Waals surface area contributed by atoms with Crippen LogP contribution in [0.2, 0.25) is 0 Å². The summed E-state index contributed by atoms with van der Waals surface area (Å²) < 4.78 is 14.2. The van der Waals surface area contributed by atoms with E-state index >= 15 is 0 Å². The summed E-state index contributed by atoms with van der Waals surface area (Å²) in [7, 11) is 0. The second-order valence-corrected chi connectivity index (χ2v) is 4.91. The molecular formula is C14H21FN4O2. The van der Waals surface area contributed by atoms with E-state index in [9.17, 15) is 9.18 Å². The van der Waals surface area contributed by atoms with Crippen LogP contribution < -0.4 is 5.32 Å². The van der Waals surface area contributed by atoms with Gasteiger partial charge in [0.05, 0.1) is 12.2 Å². The van der Waals surface area contributed by atoms with Gasteiger partial charge in [0, 0.05) is 45.5 Å². The van der Waals surface area contributed by atoms with Crippen molar-refractivity contribution in [3.8, 4) is 0 Å². The quantitative estimate of drug-likeness (QED) is 0.823. The Morgan fingerprint density at radius 2 is 2.14 bits per heavy atom. The highest BCUT2D eigenvalue weighted by molar-refractivity contribution is 5.95. The standard InChI is InChI=1S/C14H21FN4O2/c1-2-16-13-12(15)11(3-4-17-13)14(21)19-7-5-18(6-8-19)9-10-20/h3-4,20H,2,5-10H2,1H3,(H,16,17). The normalized spacial score (nSPS) is 16.0. The predicted octanol–water partition coefficient (Wildman–Crippen LogP) is 0.403. The third-order valence-corrected chi connectivity index (χ3v) is 3.54. The number of nitrogens with zero attached hydrogens (tertiary/aromatic N) is 3. The van der Waals surface area contributed by atoms with Crippen LogP contribution >= 0.6 is 0 Å². The van der Waals surface area contributed by atoms with Crippen LogP contribution in [0.25, 0.3) is 0 Å². The Kier molecular flexibility index (Phi) is 5.46. The second-order valence-electron chi connectivity index (χ2n) is 4.91. The van der Waals surface area contributed by atoms with E-state index in [0.29, 0.717) is 39.3 Å². The fourth-order valence-corrected chi connectivity index (χ4v) is 2.39. The van der Waals surface area contributed by atoms with Crippen LogP contribution in [0.1, 0.15) is 17.3 Å². The lowest BCUT2D eigenvalue weighted by Gasteiger charge is -2.34. The minimum atomic E-state index is -0.595. The average molecular weight is 296 g/mol. The van der Waals surface area contributed by atoms with Gasteiger partial charge in [-0.15, -0.1) is 0 Å². The number of amides is 1. The van der Waals surface area contributed by atoms with E-state index in [1.165, 1.54) is 12.3 Å². The number of anilines is 1. The van der Waals surface area contributed by atoms with Crippen molar-refractivity contribution in [3.63, 3.8) is 0 Å². The van der Waals surface area contributed by atoms with Crippen LogP contribution in [0.15, 0.2) is 12.3 Å². The van der Waals surface area contributed by atoms with Gasteiger partial charge in [-0.1, -0.05) is 0 Å². The van der Waals surface area contributed by atoms with Crippen molar-refractivity contribution in [2.45, 2.75) is 6.92 Å². The molecule has 1 aliphatic rings. The number of rotatable bonds is 5. The van der Waals surface area contributed by atoms with Gasteiger partial charge < -0.3 is 15.3 Å². The van der Waals surface area contributed by atoms with Crippen molar-refractivity contribution >= 4 is 11.7 Å². The third-order valence-electron chi connectivity index (χ3n) is 3.54. The van der Waals surface area contributed by atoms with Crippen molar-refractivity contribution in [3.05, 3.63) is 23.6 Å². The van der Waals surface area contributed by atoms with Gasteiger partial charge in [-0.3, -0.25) is 9.69 Å². The molecule has 1 fully saturated rings. The molecule has 116 valence electrons. The molecule has 0 aromatic carbocycles. The van der Waals surface area contributed by atoms with Crippen molar-refractivity contribution in [1.82, 2.24) is 14.8 Å². The highest BCUT2D eigenvalue weighted by Crippen LogP contribution is 2.17. The minimum Gasteiger partial charge on any atom is -0.395 e. The SMILES string of the molecule is CCNc1nccc(C(=O)N2CCN(CCO)CC2)c1F. The number of β-amino-alcohol motifs (C(OH)–C–C–N with tert-alkyl or cyclic N) is 1. The summed E-state index contributed by atoms with van der Waals surface area (Å²) in [6, 6.07) is 1.42. The van der Waals surface area contributed by atoms with E-state index in [1.54, 1.807) is 4.90 Å². The molecule has 2 rings (SSSR count). The summed E-state index contributed by atoms with van der Waals surface area (Å²) in [5.74, 6) is -0.790. The molecule has 0 spiro atoms. The molecule has 1 aromatic rings. The molecule has 0 bridgehead atoms. The van der Waals surface area contributed by atoms with Crippen LogP contribution in [0.3, 0.4) is 0 Å². The first kappa shape index (κ1) is 15.7. The van der Waals surface area contributed by atoms with E-state index < -0.39 is 5.82 Å².